The largest absolute Gasteiger partial charge is 0.371 e. The molecule has 2 heterocycles. The van der Waals surface area contributed by atoms with Gasteiger partial charge in [-0.3, -0.25) is 0 Å². The Labute approximate surface area is 93.1 Å². The second-order valence-electron chi connectivity index (χ2n) is 4.12. The lowest BCUT2D eigenvalue weighted by Crippen LogP contribution is -2.07. The summed E-state index contributed by atoms with van der Waals surface area (Å²) in [5.41, 5.74) is 1.60. The highest BCUT2D eigenvalue weighted by atomic mass is 15.5. The molecule has 6 nitrogen and oxygen atoms in total. The van der Waals surface area contributed by atoms with Crippen LogP contribution in [0.5, 0.6) is 0 Å². The molecule has 1 aliphatic carbocycles. The second-order valence-corrected chi connectivity index (χ2v) is 4.12. The Morgan fingerprint density at radius 3 is 2.88 bits per heavy atom. The van der Waals surface area contributed by atoms with E-state index in [0.29, 0.717) is 6.04 Å². The first kappa shape index (κ1) is 9.50. The van der Waals surface area contributed by atoms with Gasteiger partial charge in [0, 0.05) is 7.05 Å². The standard InChI is InChI=1S/C10H14N6/c1-11-9-8-10(13-6-12-9)16(15-14-8)7-4-2-3-5-7/h6-7H,2-5H2,1H3,(H,11,12,13). The van der Waals surface area contributed by atoms with E-state index in [9.17, 15) is 0 Å². The van der Waals surface area contributed by atoms with Gasteiger partial charge >= 0.3 is 0 Å². The lowest BCUT2D eigenvalue weighted by atomic mass is 10.2. The Kier molecular flexibility index (Phi) is 2.19. The summed E-state index contributed by atoms with van der Waals surface area (Å²) < 4.78 is 1.95. The van der Waals surface area contributed by atoms with Gasteiger partial charge in [-0.05, 0) is 12.8 Å². The predicted molar refractivity (Wildman–Crippen MR) is 60.2 cm³/mol. The molecule has 0 aromatic carbocycles. The van der Waals surface area contributed by atoms with Crippen LogP contribution in [0.15, 0.2) is 6.33 Å². The van der Waals surface area contributed by atoms with E-state index in [1.54, 1.807) is 6.33 Å². The molecule has 1 saturated carbocycles. The van der Waals surface area contributed by atoms with Crippen molar-refractivity contribution in [2.75, 3.05) is 12.4 Å². The first-order valence-corrected chi connectivity index (χ1v) is 5.64. The van der Waals surface area contributed by atoms with E-state index in [2.05, 4.69) is 25.6 Å². The van der Waals surface area contributed by atoms with E-state index in [1.165, 1.54) is 25.7 Å². The van der Waals surface area contributed by atoms with E-state index in [1.807, 2.05) is 11.7 Å². The van der Waals surface area contributed by atoms with Gasteiger partial charge in [0.05, 0.1) is 6.04 Å². The molecule has 0 bridgehead atoms. The molecule has 0 aliphatic heterocycles. The van der Waals surface area contributed by atoms with Gasteiger partial charge in [0.15, 0.2) is 17.0 Å². The first-order valence-electron chi connectivity index (χ1n) is 5.64. The molecule has 6 heteroatoms. The molecule has 0 radical (unpaired) electrons. The number of nitrogens with zero attached hydrogens (tertiary/aromatic N) is 5. The van der Waals surface area contributed by atoms with E-state index in [4.69, 9.17) is 0 Å². The quantitative estimate of drug-likeness (QED) is 0.824. The summed E-state index contributed by atoms with van der Waals surface area (Å²) >= 11 is 0. The van der Waals surface area contributed by atoms with Crippen molar-refractivity contribution in [3.63, 3.8) is 0 Å². The molecular weight excluding hydrogens is 204 g/mol. The van der Waals surface area contributed by atoms with Gasteiger partial charge in [-0.25, -0.2) is 14.6 Å². The molecule has 0 amide bonds. The van der Waals surface area contributed by atoms with Crippen LogP contribution < -0.4 is 5.32 Å². The molecule has 1 N–H and O–H groups in total. The number of anilines is 1. The maximum absolute atomic E-state index is 4.28. The highest BCUT2D eigenvalue weighted by Gasteiger charge is 2.21. The Morgan fingerprint density at radius 2 is 2.12 bits per heavy atom. The van der Waals surface area contributed by atoms with E-state index in [0.717, 1.165) is 17.0 Å². The van der Waals surface area contributed by atoms with Gasteiger partial charge in [-0.15, -0.1) is 5.10 Å². The van der Waals surface area contributed by atoms with Crippen molar-refractivity contribution in [1.82, 2.24) is 25.0 Å². The monoisotopic (exact) mass is 218 g/mol. The van der Waals surface area contributed by atoms with Crippen LogP contribution in [-0.2, 0) is 0 Å². The molecule has 0 saturated heterocycles. The topological polar surface area (TPSA) is 68.5 Å². The van der Waals surface area contributed by atoms with Crippen LogP contribution in [0, 0.1) is 0 Å². The van der Waals surface area contributed by atoms with Crippen LogP contribution in [0.3, 0.4) is 0 Å². The predicted octanol–water partition coefficient (Wildman–Crippen LogP) is 1.38. The highest BCUT2D eigenvalue weighted by molar-refractivity contribution is 5.81. The minimum Gasteiger partial charge on any atom is -0.371 e. The lowest BCUT2D eigenvalue weighted by molar-refractivity contribution is 0.464. The van der Waals surface area contributed by atoms with Gasteiger partial charge in [0.1, 0.15) is 6.33 Å². The van der Waals surface area contributed by atoms with E-state index in [-0.39, 0.29) is 0 Å². The third-order valence-corrected chi connectivity index (χ3v) is 3.17. The maximum atomic E-state index is 4.28. The number of hydrogen-bond donors (Lipinski definition) is 1. The van der Waals surface area contributed by atoms with Crippen LogP contribution in [-0.4, -0.2) is 32.0 Å². The molecule has 3 rings (SSSR count). The SMILES string of the molecule is CNc1ncnc2c1nnn2C1CCCC1. The summed E-state index contributed by atoms with van der Waals surface area (Å²) in [6, 6.07) is 0.463. The number of hydrogen-bond acceptors (Lipinski definition) is 5. The summed E-state index contributed by atoms with van der Waals surface area (Å²) in [4.78, 5) is 8.41. The van der Waals surface area contributed by atoms with Crippen molar-refractivity contribution in [2.45, 2.75) is 31.7 Å². The molecule has 1 aliphatic rings. The fraction of sp³-hybridized carbons (Fsp3) is 0.600. The zero-order valence-corrected chi connectivity index (χ0v) is 9.22. The molecule has 16 heavy (non-hydrogen) atoms. The van der Waals surface area contributed by atoms with Crippen LogP contribution in [0.1, 0.15) is 31.7 Å². The van der Waals surface area contributed by atoms with Gasteiger partial charge in [-0.2, -0.15) is 0 Å². The van der Waals surface area contributed by atoms with Gasteiger partial charge < -0.3 is 5.32 Å². The molecule has 2 aromatic heterocycles. The normalized spacial score (nSPS) is 17.1. The van der Waals surface area contributed by atoms with Gasteiger partial charge in [-0.1, -0.05) is 18.1 Å². The Balaban J connectivity index is 2.12. The second kappa shape index (κ2) is 3.70. The fourth-order valence-electron chi connectivity index (χ4n) is 2.34. The number of aromatic nitrogens is 5. The third kappa shape index (κ3) is 1.33. The van der Waals surface area contributed by atoms with Crippen molar-refractivity contribution in [3.8, 4) is 0 Å². The average molecular weight is 218 g/mol. The van der Waals surface area contributed by atoms with Crippen molar-refractivity contribution < 1.29 is 0 Å². The number of nitrogens with one attached hydrogen (secondary N) is 1. The highest BCUT2D eigenvalue weighted by Crippen LogP contribution is 2.31. The molecule has 0 spiro atoms. The molecule has 2 aromatic rings. The van der Waals surface area contributed by atoms with E-state index >= 15 is 0 Å². The zero-order chi connectivity index (χ0) is 11.0. The number of rotatable bonds is 2. The average Bonchev–Trinajstić information content (AvgIpc) is 2.96. The van der Waals surface area contributed by atoms with Crippen LogP contribution in [0.25, 0.3) is 11.2 Å². The Morgan fingerprint density at radius 1 is 1.31 bits per heavy atom. The first-order chi connectivity index (χ1) is 7.90. The van der Waals surface area contributed by atoms with E-state index < -0.39 is 0 Å². The summed E-state index contributed by atoms with van der Waals surface area (Å²) in [5, 5.41) is 11.4. The zero-order valence-electron chi connectivity index (χ0n) is 9.22. The minimum absolute atomic E-state index is 0.463. The van der Waals surface area contributed by atoms with Crippen LogP contribution >= 0.6 is 0 Å². The number of fused-ring (bicyclic) bond motifs is 1. The van der Waals surface area contributed by atoms with Crippen molar-refractivity contribution >= 4 is 17.0 Å². The third-order valence-electron chi connectivity index (χ3n) is 3.17. The molecule has 0 atom stereocenters. The molecular formula is C10H14N6. The molecule has 1 fully saturated rings. The minimum atomic E-state index is 0.463. The van der Waals surface area contributed by atoms with Crippen LogP contribution in [0.4, 0.5) is 5.82 Å². The van der Waals surface area contributed by atoms with Gasteiger partial charge in [0.25, 0.3) is 0 Å². The van der Waals surface area contributed by atoms with Crippen molar-refractivity contribution in [2.24, 2.45) is 0 Å². The Bertz CT molecular complexity index is 499. The summed E-state index contributed by atoms with van der Waals surface area (Å²) in [7, 11) is 1.83. The van der Waals surface area contributed by atoms with Crippen LogP contribution in [0.2, 0.25) is 0 Å². The summed E-state index contributed by atoms with van der Waals surface area (Å²) in [6.45, 7) is 0. The van der Waals surface area contributed by atoms with Gasteiger partial charge in [0.2, 0.25) is 0 Å². The molecule has 84 valence electrons. The summed E-state index contributed by atoms with van der Waals surface area (Å²) in [6.07, 6.45) is 6.46. The summed E-state index contributed by atoms with van der Waals surface area (Å²) in [5.74, 6) is 0.745. The fourth-order valence-corrected chi connectivity index (χ4v) is 2.34. The van der Waals surface area contributed by atoms with Crippen molar-refractivity contribution in [3.05, 3.63) is 6.33 Å². The van der Waals surface area contributed by atoms with Crippen molar-refractivity contribution in [1.29, 1.82) is 0 Å². The lowest BCUT2D eigenvalue weighted by Gasteiger charge is -2.08. The Hall–Kier alpha value is -1.72. The maximum Gasteiger partial charge on any atom is 0.184 e. The smallest absolute Gasteiger partial charge is 0.184 e. The molecule has 0 unspecified atom stereocenters.